The van der Waals surface area contributed by atoms with Crippen molar-refractivity contribution in [3.63, 3.8) is 0 Å². The number of benzene rings is 1. The second-order valence-electron chi connectivity index (χ2n) is 6.54. The Morgan fingerprint density at radius 1 is 1.21 bits per heavy atom. The molecule has 24 heavy (non-hydrogen) atoms. The highest BCUT2D eigenvalue weighted by atomic mass is 32.2. The highest BCUT2D eigenvalue weighted by molar-refractivity contribution is 7.90. The minimum Gasteiger partial charge on any atom is -0.361 e. The van der Waals surface area contributed by atoms with Crippen LogP contribution in [0.25, 0.3) is 0 Å². The van der Waals surface area contributed by atoms with Gasteiger partial charge in [-0.1, -0.05) is 0 Å². The number of amidine groups is 2. The Kier molecular flexibility index (Phi) is 5.01. The lowest BCUT2D eigenvalue weighted by atomic mass is 9.98. The molecule has 0 atom stereocenters. The minimum absolute atomic E-state index is 0.317. The zero-order valence-corrected chi connectivity index (χ0v) is 15.0. The van der Waals surface area contributed by atoms with E-state index in [0.29, 0.717) is 23.2 Å². The summed E-state index contributed by atoms with van der Waals surface area (Å²) < 4.78 is 23.1. The second-order valence-corrected chi connectivity index (χ2v) is 8.55. The van der Waals surface area contributed by atoms with Crippen LogP contribution in [-0.2, 0) is 9.84 Å². The third-order valence-corrected chi connectivity index (χ3v) is 5.71. The molecule has 7 heteroatoms. The number of sulfone groups is 1. The Morgan fingerprint density at radius 2 is 1.88 bits per heavy atom. The Balaban J connectivity index is 1.66. The molecule has 0 aromatic heterocycles. The summed E-state index contributed by atoms with van der Waals surface area (Å²) in [5.41, 5.74) is 0.854. The molecule has 1 aromatic carbocycles. The van der Waals surface area contributed by atoms with Gasteiger partial charge in [-0.15, -0.1) is 0 Å². The fourth-order valence-corrected chi connectivity index (χ4v) is 3.74. The summed E-state index contributed by atoms with van der Waals surface area (Å²) in [5, 5.41) is 3.39. The van der Waals surface area contributed by atoms with E-state index < -0.39 is 9.84 Å². The van der Waals surface area contributed by atoms with Crippen molar-refractivity contribution in [3.05, 3.63) is 29.8 Å². The van der Waals surface area contributed by atoms with Gasteiger partial charge in [-0.05, 0) is 56.1 Å². The molecule has 0 unspecified atom stereocenters. The standard InChI is InChI=1S/C17H24N4O2S/c1-21(12-13-7-9-18-10-8-13)16-11-19-17(20-16)14-3-5-15(6-4-14)24(2,22)23/h3-6,13,18H,7-12H2,1-2H3. The molecule has 1 saturated heterocycles. The van der Waals surface area contributed by atoms with Crippen LogP contribution in [0.3, 0.4) is 0 Å². The molecule has 2 aliphatic heterocycles. The fourth-order valence-electron chi connectivity index (χ4n) is 3.11. The zero-order chi connectivity index (χ0) is 17.2. The van der Waals surface area contributed by atoms with Crippen LogP contribution in [0.4, 0.5) is 0 Å². The summed E-state index contributed by atoms with van der Waals surface area (Å²) >= 11 is 0. The maximum Gasteiger partial charge on any atom is 0.175 e. The van der Waals surface area contributed by atoms with Gasteiger partial charge in [0.25, 0.3) is 0 Å². The minimum atomic E-state index is -3.17. The number of hydrogen-bond donors (Lipinski definition) is 1. The zero-order valence-electron chi connectivity index (χ0n) is 14.2. The first-order valence-electron chi connectivity index (χ1n) is 8.28. The normalized spacial score (nSPS) is 19.1. The summed E-state index contributed by atoms with van der Waals surface area (Å²) in [7, 11) is -1.10. The van der Waals surface area contributed by atoms with Crippen LogP contribution in [0.5, 0.6) is 0 Å². The molecule has 0 radical (unpaired) electrons. The lowest BCUT2D eigenvalue weighted by Gasteiger charge is -2.28. The molecule has 130 valence electrons. The lowest BCUT2D eigenvalue weighted by molar-refractivity contribution is 0.306. The van der Waals surface area contributed by atoms with Crippen LogP contribution in [0, 0.1) is 5.92 Å². The SMILES string of the molecule is CN(CC1CCNCC1)C1=NC(c2ccc(S(C)(=O)=O)cc2)=NC1. The molecule has 3 rings (SSSR count). The molecule has 0 amide bonds. The van der Waals surface area contributed by atoms with Gasteiger partial charge in [-0.3, -0.25) is 4.99 Å². The molecule has 0 aliphatic carbocycles. The molecular weight excluding hydrogens is 324 g/mol. The van der Waals surface area contributed by atoms with E-state index in [-0.39, 0.29) is 0 Å². The van der Waals surface area contributed by atoms with E-state index in [0.717, 1.165) is 31.0 Å². The van der Waals surface area contributed by atoms with Crippen molar-refractivity contribution in [2.24, 2.45) is 15.9 Å². The monoisotopic (exact) mass is 348 g/mol. The topological polar surface area (TPSA) is 74.1 Å². The average Bonchev–Trinajstić information content (AvgIpc) is 3.05. The molecule has 1 fully saturated rings. The predicted octanol–water partition coefficient (Wildman–Crippen LogP) is 1.18. The van der Waals surface area contributed by atoms with E-state index in [4.69, 9.17) is 0 Å². The number of likely N-dealkylation sites (N-methyl/N-ethyl adjacent to an activating group) is 1. The van der Waals surface area contributed by atoms with Gasteiger partial charge in [0.1, 0.15) is 5.84 Å². The molecule has 0 bridgehead atoms. The summed E-state index contributed by atoms with van der Waals surface area (Å²) in [6, 6.07) is 6.77. The van der Waals surface area contributed by atoms with E-state index >= 15 is 0 Å². The first-order chi connectivity index (χ1) is 11.4. The second kappa shape index (κ2) is 7.03. The first kappa shape index (κ1) is 17.1. The van der Waals surface area contributed by atoms with Crippen molar-refractivity contribution < 1.29 is 8.42 Å². The van der Waals surface area contributed by atoms with Crippen LogP contribution in [0.2, 0.25) is 0 Å². The van der Waals surface area contributed by atoms with Gasteiger partial charge >= 0.3 is 0 Å². The Bertz CT molecular complexity index is 747. The summed E-state index contributed by atoms with van der Waals surface area (Å²) in [4.78, 5) is 11.7. The molecular formula is C17H24N4O2S. The largest absolute Gasteiger partial charge is 0.361 e. The molecule has 2 heterocycles. The van der Waals surface area contributed by atoms with Gasteiger partial charge in [0.15, 0.2) is 15.7 Å². The summed E-state index contributed by atoms with van der Waals surface area (Å²) in [6.45, 7) is 3.79. The van der Waals surface area contributed by atoms with Gasteiger partial charge < -0.3 is 10.2 Å². The number of nitrogens with one attached hydrogen (secondary N) is 1. The number of hydrogen-bond acceptors (Lipinski definition) is 6. The van der Waals surface area contributed by atoms with E-state index in [1.165, 1.54) is 19.1 Å². The predicted molar refractivity (Wildman–Crippen MR) is 96.6 cm³/mol. The fraction of sp³-hybridized carbons (Fsp3) is 0.529. The summed E-state index contributed by atoms with van der Waals surface area (Å²) in [5.74, 6) is 2.37. The maximum atomic E-state index is 11.5. The van der Waals surface area contributed by atoms with E-state index in [1.54, 1.807) is 24.3 Å². The van der Waals surface area contributed by atoms with Gasteiger partial charge in [-0.2, -0.15) is 0 Å². The third-order valence-electron chi connectivity index (χ3n) is 4.58. The Morgan fingerprint density at radius 3 is 2.50 bits per heavy atom. The van der Waals surface area contributed by atoms with Crippen molar-refractivity contribution in [2.75, 3.05) is 39.5 Å². The number of rotatable bonds is 4. The van der Waals surface area contributed by atoms with Crippen LogP contribution < -0.4 is 5.32 Å². The van der Waals surface area contributed by atoms with Crippen molar-refractivity contribution in [1.82, 2.24) is 10.2 Å². The Labute approximate surface area is 143 Å². The molecule has 6 nitrogen and oxygen atoms in total. The molecule has 1 aromatic rings. The van der Waals surface area contributed by atoms with Crippen LogP contribution in [0.1, 0.15) is 18.4 Å². The molecule has 0 saturated carbocycles. The van der Waals surface area contributed by atoms with Crippen molar-refractivity contribution in [2.45, 2.75) is 17.7 Å². The number of piperidine rings is 1. The van der Waals surface area contributed by atoms with Gasteiger partial charge in [0.2, 0.25) is 0 Å². The van der Waals surface area contributed by atoms with Gasteiger partial charge in [0.05, 0.1) is 11.4 Å². The first-order valence-corrected chi connectivity index (χ1v) is 10.2. The quantitative estimate of drug-likeness (QED) is 0.887. The van der Waals surface area contributed by atoms with E-state index in [1.807, 2.05) is 0 Å². The smallest absolute Gasteiger partial charge is 0.175 e. The van der Waals surface area contributed by atoms with Gasteiger partial charge in [0, 0.05) is 25.4 Å². The van der Waals surface area contributed by atoms with Crippen molar-refractivity contribution >= 4 is 21.5 Å². The van der Waals surface area contributed by atoms with Gasteiger partial charge in [-0.25, -0.2) is 13.4 Å². The van der Waals surface area contributed by atoms with Crippen molar-refractivity contribution in [1.29, 1.82) is 0 Å². The molecule has 0 spiro atoms. The lowest BCUT2D eigenvalue weighted by Crippen LogP contribution is -2.37. The number of nitrogens with zero attached hydrogens (tertiary/aromatic N) is 3. The van der Waals surface area contributed by atoms with Crippen LogP contribution >= 0.6 is 0 Å². The molecule has 2 aliphatic rings. The molecule has 1 N–H and O–H groups in total. The summed E-state index contributed by atoms with van der Waals surface area (Å²) in [6.07, 6.45) is 3.62. The van der Waals surface area contributed by atoms with E-state index in [2.05, 4.69) is 27.2 Å². The van der Waals surface area contributed by atoms with Crippen molar-refractivity contribution in [3.8, 4) is 0 Å². The highest BCUT2D eigenvalue weighted by Crippen LogP contribution is 2.16. The third kappa shape index (κ3) is 4.02. The highest BCUT2D eigenvalue weighted by Gasteiger charge is 2.20. The van der Waals surface area contributed by atoms with Crippen LogP contribution in [-0.4, -0.2) is 64.5 Å². The van der Waals surface area contributed by atoms with E-state index in [9.17, 15) is 8.42 Å². The maximum absolute atomic E-state index is 11.5. The van der Waals surface area contributed by atoms with Crippen LogP contribution in [0.15, 0.2) is 39.1 Å². The average molecular weight is 348 g/mol. The Hall–Kier alpha value is -1.73. The number of aliphatic imine (C=N–C) groups is 2.